The summed E-state index contributed by atoms with van der Waals surface area (Å²) in [6, 6.07) is 10.3. The molecular formula is C14H17NO. The zero-order chi connectivity index (χ0) is 12.0. The SMILES string of the molecule is C=C(C)c1cc2ccccc2cn1.COC. The van der Waals surface area contributed by atoms with Crippen molar-refractivity contribution in [3.05, 3.63) is 48.8 Å². The van der Waals surface area contributed by atoms with E-state index in [0.29, 0.717) is 0 Å². The Morgan fingerprint density at radius 2 is 1.75 bits per heavy atom. The lowest BCUT2D eigenvalue weighted by Crippen LogP contribution is -1.84. The van der Waals surface area contributed by atoms with Gasteiger partial charge in [0.1, 0.15) is 0 Å². The summed E-state index contributed by atoms with van der Waals surface area (Å²) in [5, 5.41) is 2.39. The molecular weight excluding hydrogens is 198 g/mol. The number of rotatable bonds is 1. The lowest BCUT2D eigenvalue weighted by molar-refractivity contribution is 0.277. The summed E-state index contributed by atoms with van der Waals surface area (Å²) in [5.74, 6) is 0. The summed E-state index contributed by atoms with van der Waals surface area (Å²) >= 11 is 0. The molecule has 0 spiro atoms. The highest BCUT2D eigenvalue weighted by Gasteiger charge is 1.96. The summed E-state index contributed by atoms with van der Waals surface area (Å²) in [6.45, 7) is 5.84. The predicted octanol–water partition coefficient (Wildman–Crippen LogP) is 3.53. The molecule has 1 aromatic carbocycles. The molecule has 0 aliphatic heterocycles. The lowest BCUT2D eigenvalue weighted by atomic mass is 10.1. The molecule has 2 rings (SSSR count). The maximum Gasteiger partial charge on any atom is 0.0659 e. The van der Waals surface area contributed by atoms with E-state index in [1.54, 1.807) is 14.2 Å². The topological polar surface area (TPSA) is 22.1 Å². The first kappa shape index (κ1) is 12.4. The highest BCUT2D eigenvalue weighted by molar-refractivity contribution is 5.83. The van der Waals surface area contributed by atoms with Crippen molar-refractivity contribution in [1.82, 2.24) is 4.98 Å². The molecule has 0 radical (unpaired) electrons. The third-order valence-electron chi connectivity index (χ3n) is 2.07. The fourth-order valence-corrected chi connectivity index (χ4v) is 1.32. The van der Waals surface area contributed by atoms with Crippen LogP contribution in [0, 0.1) is 0 Å². The summed E-state index contributed by atoms with van der Waals surface area (Å²) in [5.41, 5.74) is 1.98. The molecule has 0 amide bonds. The molecule has 16 heavy (non-hydrogen) atoms. The van der Waals surface area contributed by atoms with Gasteiger partial charge in [0.15, 0.2) is 0 Å². The molecule has 84 valence electrons. The lowest BCUT2D eigenvalue weighted by Gasteiger charge is -2.00. The molecule has 0 bridgehead atoms. The van der Waals surface area contributed by atoms with Crippen molar-refractivity contribution in [2.24, 2.45) is 0 Å². The molecule has 2 heteroatoms. The normalized spacial score (nSPS) is 9.44. The number of hydrogen-bond acceptors (Lipinski definition) is 2. The maximum absolute atomic E-state index is 4.31. The highest BCUT2D eigenvalue weighted by atomic mass is 16.4. The van der Waals surface area contributed by atoms with Gasteiger partial charge >= 0.3 is 0 Å². The van der Waals surface area contributed by atoms with Crippen LogP contribution in [0.25, 0.3) is 16.3 Å². The number of nitrogens with zero attached hydrogens (tertiary/aromatic N) is 1. The Balaban J connectivity index is 0.000000386. The van der Waals surface area contributed by atoms with Gasteiger partial charge in [-0.1, -0.05) is 30.8 Å². The van der Waals surface area contributed by atoms with Gasteiger partial charge in [-0.25, -0.2) is 0 Å². The Bertz CT molecular complexity index is 477. The Morgan fingerprint density at radius 3 is 2.31 bits per heavy atom. The Labute approximate surface area is 96.6 Å². The van der Waals surface area contributed by atoms with E-state index < -0.39 is 0 Å². The molecule has 0 N–H and O–H groups in total. The van der Waals surface area contributed by atoms with Crippen LogP contribution in [0.5, 0.6) is 0 Å². The molecule has 2 nitrogen and oxygen atoms in total. The molecule has 1 aromatic heterocycles. The number of fused-ring (bicyclic) bond motifs is 1. The van der Waals surface area contributed by atoms with Crippen LogP contribution in [0.15, 0.2) is 43.1 Å². The molecule has 0 atom stereocenters. The van der Waals surface area contributed by atoms with Crippen LogP contribution in [-0.4, -0.2) is 19.2 Å². The summed E-state index contributed by atoms with van der Waals surface area (Å²) in [7, 11) is 3.25. The average molecular weight is 215 g/mol. The molecule has 1 heterocycles. The van der Waals surface area contributed by atoms with Crippen LogP contribution in [0.2, 0.25) is 0 Å². The molecule has 0 aliphatic rings. The first-order chi connectivity index (χ1) is 7.69. The van der Waals surface area contributed by atoms with Gasteiger partial charge in [0.25, 0.3) is 0 Å². The Kier molecular flexibility index (Phi) is 4.67. The number of hydrogen-bond donors (Lipinski definition) is 0. The van der Waals surface area contributed by atoms with Crippen LogP contribution in [0.3, 0.4) is 0 Å². The second kappa shape index (κ2) is 6.03. The summed E-state index contributed by atoms with van der Waals surface area (Å²) in [4.78, 5) is 4.31. The minimum absolute atomic E-state index is 0.971. The fourth-order valence-electron chi connectivity index (χ4n) is 1.32. The van der Waals surface area contributed by atoms with E-state index in [-0.39, 0.29) is 0 Å². The Morgan fingerprint density at radius 1 is 1.19 bits per heavy atom. The van der Waals surface area contributed by atoms with Crippen LogP contribution < -0.4 is 0 Å². The monoisotopic (exact) mass is 215 g/mol. The number of aromatic nitrogens is 1. The minimum atomic E-state index is 0.971. The van der Waals surface area contributed by atoms with Gasteiger partial charge in [-0.2, -0.15) is 0 Å². The van der Waals surface area contributed by atoms with Crippen molar-refractivity contribution in [2.75, 3.05) is 14.2 Å². The van der Waals surface area contributed by atoms with Gasteiger partial charge in [-0.15, -0.1) is 0 Å². The average Bonchev–Trinajstić information content (AvgIpc) is 2.29. The highest BCUT2D eigenvalue weighted by Crippen LogP contribution is 2.16. The van der Waals surface area contributed by atoms with Gasteiger partial charge in [0.05, 0.1) is 5.69 Å². The van der Waals surface area contributed by atoms with Crippen molar-refractivity contribution >= 4 is 16.3 Å². The van der Waals surface area contributed by atoms with E-state index in [1.165, 1.54) is 10.8 Å². The zero-order valence-electron chi connectivity index (χ0n) is 10.0. The van der Waals surface area contributed by atoms with Gasteiger partial charge in [-0.3, -0.25) is 4.98 Å². The summed E-state index contributed by atoms with van der Waals surface area (Å²) < 4.78 is 4.25. The van der Waals surface area contributed by atoms with Gasteiger partial charge in [0.2, 0.25) is 0 Å². The number of ether oxygens (including phenoxy) is 1. The van der Waals surface area contributed by atoms with Crippen LogP contribution in [0.1, 0.15) is 12.6 Å². The second-order valence-corrected chi connectivity index (χ2v) is 3.61. The quantitative estimate of drug-likeness (QED) is 0.726. The van der Waals surface area contributed by atoms with Crippen LogP contribution in [-0.2, 0) is 4.74 Å². The number of pyridine rings is 1. The van der Waals surface area contributed by atoms with E-state index in [0.717, 1.165) is 11.3 Å². The zero-order valence-corrected chi connectivity index (χ0v) is 10.0. The van der Waals surface area contributed by atoms with E-state index in [2.05, 4.69) is 34.5 Å². The smallest absolute Gasteiger partial charge is 0.0659 e. The second-order valence-electron chi connectivity index (χ2n) is 3.61. The summed E-state index contributed by atoms with van der Waals surface area (Å²) in [6.07, 6.45) is 1.89. The molecule has 0 saturated heterocycles. The van der Waals surface area contributed by atoms with E-state index in [1.807, 2.05) is 25.3 Å². The van der Waals surface area contributed by atoms with Crippen molar-refractivity contribution in [1.29, 1.82) is 0 Å². The third-order valence-corrected chi connectivity index (χ3v) is 2.07. The van der Waals surface area contributed by atoms with Crippen molar-refractivity contribution in [3.63, 3.8) is 0 Å². The fraction of sp³-hybridized carbons (Fsp3) is 0.214. The number of methoxy groups -OCH3 is 1. The molecule has 2 aromatic rings. The van der Waals surface area contributed by atoms with E-state index >= 15 is 0 Å². The van der Waals surface area contributed by atoms with Crippen molar-refractivity contribution in [3.8, 4) is 0 Å². The van der Waals surface area contributed by atoms with Gasteiger partial charge < -0.3 is 4.74 Å². The minimum Gasteiger partial charge on any atom is -0.388 e. The van der Waals surface area contributed by atoms with E-state index in [4.69, 9.17) is 0 Å². The molecule has 0 unspecified atom stereocenters. The largest absolute Gasteiger partial charge is 0.388 e. The predicted molar refractivity (Wildman–Crippen MR) is 69.4 cm³/mol. The van der Waals surface area contributed by atoms with Crippen molar-refractivity contribution < 1.29 is 4.74 Å². The molecule has 0 saturated carbocycles. The van der Waals surface area contributed by atoms with Gasteiger partial charge in [0, 0.05) is 25.8 Å². The van der Waals surface area contributed by atoms with Crippen LogP contribution >= 0.6 is 0 Å². The standard InChI is InChI=1S/C12H11N.C2H6O/c1-9(2)12-7-10-5-3-4-6-11(10)8-13-12;1-3-2/h3-8H,1H2,2H3;1-2H3. The van der Waals surface area contributed by atoms with Crippen molar-refractivity contribution in [2.45, 2.75) is 6.92 Å². The van der Waals surface area contributed by atoms with Gasteiger partial charge in [-0.05, 0) is 23.9 Å². The molecule has 0 fully saturated rings. The van der Waals surface area contributed by atoms with E-state index in [9.17, 15) is 0 Å². The number of allylic oxidation sites excluding steroid dienone is 1. The maximum atomic E-state index is 4.31. The Hall–Kier alpha value is -1.67. The first-order valence-electron chi connectivity index (χ1n) is 5.10. The third kappa shape index (κ3) is 3.17. The molecule has 0 aliphatic carbocycles. The first-order valence-corrected chi connectivity index (χ1v) is 5.10. The van der Waals surface area contributed by atoms with Crippen LogP contribution in [0.4, 0.5) is 0 Å². The number of benzene rings is 1.